The van der Waals surface area contributed by atoms with Gasteiger partial charge in [-0.05, 0) is 82.2 Å². The molecule has 152 valence electrons. The fourth-order valence-corrected chi connectivity index (χ4v) is 3.02. The lowest BCUT2D eigenvalue weighted by molar-refractivity contribution is 0.425. The fraction of sp³-hybridized carbons (Fsp3) is 0. The summed E-state index contributed by atoms with van der Waals surface area (Å²) in [4.78, 5) is 7.76. The summed E-state index contributed by atoms with van der Waals surface area (Å²) in [7, 11) is -1.40. The van der Waals surface area contributed by atoms with Gasteiger partial charge in [-0.2, -0.15) is 0 Å². The first-order valence-corrected chi connectivity index (χ1v) is 11.5. The van der Waals surface area contributed by atoms with Crippen LogP contribution in [0, 0.1) is 3.57 Å². The molecule has 2 heterocycles. The van der Waals surface area contributed by atoms with Crippen molar-refractivity contribution < 1.29 is 10.0 Å². The Morgan fingerprint density at radius 1 is 0.667 bits per heavy atom. The first-order chi connectivity index (χ1) is 14.5. The average molecular weight is 640 g/mol. The number of pyridine rings is 2. The molecule has 2 aromatic heterocycles. The average Bonchev–Trinajstić information content (AvgIpc) is 2.78. The number of rotatable bonds is 2. The van der Waals surface area contributed by atoms with Crippen LogP contribution in [0.2, 0.25) is 0 Å². The number of hydrogen-bond acceptors (Lipinski definition) is 4. The Kier molecular flexibility index (Phi) is 11.2. The number of benzene rings is 2. The maximum atomic E-state index is 8.54. The highest BCUT2D eigenvalue weighted by Gasteiger charge is 2.08. The Hall–Kier alpha value is -1.59. The van der Waals surface area contributed by atoms with Gasteiger partial charge in [0.05, 0.1) is 0 Å². The lowest BCUT2D eigenvalue weighted by Crippen LogP contribution is -2.29. The molecule has 2 N–H and O–H groups in total. The Balaban J connectivity index is 0.000000167. The molecule has 0 atom stereocenters. The minimum atomic E-state index is -1.40. The summed E-state index contributed by atoms with van der Waals surface area (Å²) in [5, 5.41) is 17.1. The van der Waals surface area contributed by atoms with Crippen molar-refractivity contribution in [3.8, 4) is 11.1 Å². The zero-order valence-corrected chi connectivity index (χ0v) is 21.1. The number of hydrogen-bond donors (Lipinski definition) is 2. The quantitative estimate of drug-likeness (QED) is 0.230. The van der Waals surface area contributed by atoms with Crippen molar-refractivity contribution >= 4 is 67.0 Å². The normalized spacial score (nSPS) is 9.50. The number of aromatic nitrogens is 2. The molecule has 4 rings (SSSR count). The van der Waals surface area contributed by atoms with E-state index in [2.05, 4.69) is 94.8 Å². The third-order valence-electron chi connectivity index (χ3n) is 3.63. The van der Waals surface area contributed by atoms with Crippen LogP contribution in [0.25, 0.3) is 11.1 Å². The smallest absolute Gasteiger partial charge is 0.423 e. The molecular formula is C22H18BBr2IN2O2. The summed E-state index contributed by atoms with van der Waals surface area (Å²) >= 11 is 9.02. The molecule has 0 aliphatic rings. The van der Waals surface area contributed by atoms with Crippen LogP contribution in [0.4, 0.5) is 0 Å². The number of nitrogens with zero attached hydrogens (tertiary/aromatic N) is 2. The maximum Gasteiger partial charge on any atom is 0.490 e. The predicted molar refractivity (Wildman–Crippen MR) is 138 cm³/mol. The highest BCUT2D eigenvalue weighted by Crippen LogP contribution is 2.20. The second kappa shape index (κ2) is 13.7. The lowest BCUT2D eigenvalue weighted by Gasteiger charge is -1.99. The molecule has 0 bridgehead atoms. The molecule has 8 heteroatoms. The van der Waals surface area contributed by atoms with Gasteiger partial charge >= 0.3 is 7.12 Å². The third kappa shape index (κ3) is 9.48. The zero-order chi connectivity index (χ0) is 21.8. The van der Waals surface area contributed by atoms with E-state index in [1.165, 1.54) is 15.3 Å². The molecule has 0 saturated carbocycles. The van der Waals surface area contributed by atoms with E-state index < -0.39 is 7.12 Å². The van der Waals surface area contributed by atoms with Crippen LogP contribution in [0.3, 0.4) is 0 Å². The maximum absolute atomic E-state index is 8.54. The van der Waals surface area contributed by atoms with Gasteiger partial charge in [0, 0.05) is 42.8 Å². The highest BCUT2D eigenvalue weighted by molar-refractivity contribution is 14.1. The topological polar surface area (TPSA) is 66.2 Å². The molecule has 4 nitrogen and oxygen atoms in total. The van der Waals surface area contributed by atoms with Crippen molar-refractivity contribution in [2.45, 2.75) is 0 Å². The molecular weight excluding hydrogens is 622 g/mol. The molecule has 0 spiro atoms. The Morgan fingerprint density at radius 3 is 1.60 bits per heavy atom. The summed E-state index contributed by atoms with van der Waals surface area (Å²) in [6, 6.07) is 23.6. The van der Waals surface area contributed by atoms with Gasteiger partial charge in [-0.3, -0.25) is 9.97 Å². The van der Waals surface area contributed by atoms with Crippen LogP contribution < -0.4 is 5.46 Å². The molecule has 2 aromatic carbocycles. The Morgan fingerprint density at radius 2 is 1.20 bits per heavy atom. The summed E-state index contributed by atoms with van der Waals surface area (Å²) in [5.74, 6) is 0. The van der Waals surface area contributed by atoms with E-state index in [0.717, 1.165) is 14.5 Å². The van der Waals surface area contributed by atoms with E-state index in [1.54, 1.807) is 24.5 Å². The third-order valence-corrected chi connectivity index (χ3v) is 5.40. The minimum absolute atomic E-state index is 0.414. The van der Waals surface area contributed by atoms with Gasteiger partial charge in [0.25, 0.3) is 0 Å². The largest absolute Gasteiger partial charge is 0.490 e. The van der Waals surface area contributed by atoms with Crippen LogP contribution in [-0.4, -0.2) is 27.1 Å². The molecule has 0 amide bonds. The second-order valence-electron chi connectivity index (χ2n) is 5.85. The van der Waals surface area contributed by atoms with E-state index in [1.807, 2.05) is 36.5 Å². The van der Waals surface area contributed by atoms with Gasteiger partial charge < -0.3 is 10.0 Å². The molecule has 0 fully saturated rings. The Labute approximate surface area is 207 Å². The van der Waals surface area contributed by atoms with Gasteiger partial charge in [0.2, 0.25) is 0 Å². The number of halogens is 3. The predicted octanol–water partition coefficient (Wildman–Crippen LogP) is 5.33. The molecule has 0 radical (unpaired) electrons. The van der Waals surface area contributed by atoms with Gasteiger partial charge in [0.15, 0.2) is 0 Å². The van der Waals surface area contributed by atoms with E-state index >= 15 is 0 Å². The molecule has 0 aliphatic carbocycles. The van der Waals surface area contributed by atoms with Crippen LogP contribution in [0.1, 0.15) is 0 Å². The van der Waals surface area contributed by atoms with Gasteiger partial charge in [-0.15, -0.1) is 0 Å². The first-order valence-electron chi connectivity index (χ1n) is 8.79. The molecule has 0 saturated heterocycles. The standard InChI is InChI=1S/C11H8BrN.C6H4BrI.C5H6BNO2/c12-11-5-3-9(4-6-11)10-2-1-7-13-8-10;7-5-1-3-6(8)4-2-5;8-6(9)5-2-1-3-7-4-5/h1-8H;1-4H;1-4,8-9H. The molecule has 30 heavy (non-hydrogen) atoms. The van der Waals surface area contributed by atoms with E-state index in [4.69, 9.17) is 10.0 Å². The van der Waals surface area contributed by atoms with Crippen LogP contribution in [0.5, 0.6) is 0 Å². The Bertz CT molecular complexity index is 970. The summed E-state index contributed by atoms with van der Waals surface area (Å²) < 4.78 is 3.50. The van der Waals surface area contributed by atoms with Crippen molar-refractivity contribution in [2.75, 3.05) is 0 Å². The summed E-state index contributed by atoms with van der Waals surface area (Å²) in [6.45, 7) is 0. The van der Waals surface area contributed by atoms with Crippen molar-refractivity contribution in [1.29, 1.82) is 0 Å². The lowest BCUT2D eigenvalue weighted by atomic mass is 9.82. The second-order valence-corrected chi connectivity index (χ2v) is 8.92. The van der Waals surface area contributed by atoms with Crippen LogP contribution in [0.15, 0.2) is 107 Å². The van der Waals surface area contributed by atoms with E-state index in [9.17, 15) is 0 Å². The SMILES string of the molecule is Brc1ccc(-c2cccnc2)cc1.Brc1ccc(I)cc1.OB(O)c1cccnc1. The van der Waals surface area contributed by atoms with Crippen LogP contribution in [-0.2, 0) is 0 Å². The van der Waals surface area contributed by atoms with Gasteiger partial charge in [0.1, 0.15) is 0 Å². The summed E-state index contributed by atoms with van der Waals surface area (Å²) in [5.41, 5.74) is 2.75. The zero-order valence-electron chi connectivity index (χ0n) is 15.7. The highest BCUT2D eigenvalue weighted by atomic mass is 127. The van der Waals surface area contributed by atoms with Crippen LogP contribution >= 0.6 is 54.5 Å². The molecule has 4 aromatic rings. The molecule has 0 aliphatic heterocycles. The monoisotopic (exact) mass is 638 g/mol. The van der Waals surface area contributed by atoms with E-state index in [-0.39, 0.29) is 0 Å². The summed E-state index contributed by atoms with van der Waals surface area (Å²) in [6.07, 6.45) is 6.63. The van der Waals surface area contributed by atoms with Gasteiger partial charge in [-0.1, -0.05) is 56.1 Å². The van der Waals surface area contributed by atoms with Gasteiger partial charge in [-0.25, -0.2) is 0 Å². The minimum Gasteiger partial charge on any atom is -0.423 e. The van der Waals surface area contributed by atoms with Crippen molar-refractivity contribution in [3.05, 3.63) is 110 Å². The van der Waals surface area contributed by atoms with Crippen molar-refractivity contribution in [1.82, 2.24) is 9.97 Å². The van der Waals surface area contributed by atoms with Crippen molar-refractivity contribution in [3.63, 3.8) is 0 Å². The molecule has 0 unspecified atom stereocenters. The van der Waals surface area contributed by atoms with Crippen molar-refractivity contribution in [2.24, 2.45) is 0 Å². The van der Waals surface area contributed by atoms with E-state index in [0.29, 0.717) is 5.46 Å². The first kappa shape index (κ1) is 24.7. The fourth-order valence-electron chi connectivity index (χ4n) is 2.13.